The smallest absolute Gasteiger partial charge is 0.272 e. The van der Waals surface area contributed by atoms with E-state index in [4.69, 9.17) is 11.6 Å². The molecule has 5 heteroatoms. The highest BCUT2D eigenvalue weighted by Crippen LogP contribution is 2.17. The van der Waals surface area contributed by atoms with Gasteiger partial charge in [0.05, 0.1) is 5.02 Å². The molecular formula is C15H18ClN3O. The highest BCUT2D eigenvalue weighted by molar-refractivity contribution is 6.31. The lowest BCUT2D eigenvalue weighted by Crippen LogP contribution is -2.16. The molecule has 0 atom stereocenters. The van der Waals surface area contributed by atoms with Crippen LogP contribution in [0.4, 0.5) is 5.69 Å². The molecule has 0 unspecified atom stereocenters. The lowest BCUT2D eigenvalue weighted by molar-refractivity contribution is 0.101. The van der Waals surface area contributed by atoms with Crippen LogP contribution in [0, 0.1) is 0 Å². The van der Waals surface area contributed by atoms with Crippen LogP contribution in [-0.2, 0) is 13.1 Å². The zero-order valence-corrected chi connectivity index (χ0v) is 12.4. The molecule has 0 aliphatic rings. The molecule has 0 aliphatic heterocycles. The monoisotopic (exact) mass is 291 g/mol. The van der Waals surface area contributed by atoms with Crippen LogP contribution >= 0.6 is 11.6 Å². The first-order chi connectivity index (χ1) is 9.63. The van der Waals surface area contributed by atoms with E-state index >= 15 is 0 Å². The number of carbonyl (C=O) groups is 1. The minimum atomic E-state index is -0.152. The van der Waals surface area contributed by atoms with Gasteiger partial charge < -0.3 is 15.2 Å². The van der Waals surface area contributed by atoms with Crippen molar-refractivity contribution in [1.29, 1.82) is 0 Å². The summed E-state index contributed by atoms with van der Waals surface area (Å²) in [6, 6.07) is 9.44. The second kappa shape index (κ2) is 6.59. The number of rotatable bonds is 5. The predicted octanol–water partition coefficient (Wildman–Crippen LogP) is 3.13. The second-order valence-electron chi connectivity index (χ2n) is 4.51. The third-order valence-corrected chi connectivity index (χ3v) is 3.21. The Balaban J connectivity index is 2.16. The van der Waals surface area contributed by atoms with E-state index in [0.29, 0.717) is 17.3 Å². The molecule has 20 heavy (non-hydrogen) atoms. The van der Waals surface area contributed by atoms with Crippen molar-refractivity contribution in [3.05, 3.63) is 52.8 Å². The number of benzene rings is 1. The molecule has 0 saturated carbocycles. The van der Waals surface area contributed by atoms with Crippen LogP contribution in [-0.4, -0.2) is 17.5 Å². The molecule has 0 fully saturated rings. The van der Waals surface area contributed by atoms with E-state index in [1.165, 1.54) is 0 Å². The third kappa shape index (κ3) is 3.40. The molecule has 2 N–H and O–H groups in total. The summed E-state index contributed by atoms with van der Waals surface area (Å²) in [7, 11) is 1.89. The molecular weight excluding hydrogens is 274 g/mol. The van der Waals surface area contributed by atoms with Crippen LogP contribution < -0.4 is 10.6 Å². The van der Waals surface area contributed by atoms with Gasteiger partial charge in [0.2, 0.25) is 0 Å². The molecule has 1 amide bonds. The summed E-state index contributed by atoms with van der Waals surface area (Å²) in [5.74, 6) is -0.152. The molecule has 2 aromatic rings. The summed E-state index contributed by atoms with van der Waals surface area (Å²) in [5.41, 5.74) is 2.47. The summed E-state index contributed by atoms with van der Waals surface area (Å²) in [6.45, 7) is 3.44. The topological polar surface area (TPSA) is 46.1 Å². The zero-order chi connectivity index (χ0) is 14.5. The Bertz CT molecular complexity index is 607. The molecule has 2 rings (SSSR count). The van der Waals surface area contributed by atoms with E-state index in [0.717, 1.165) is 17.8 Å². The standard InChI is InChI=1S/C15H18ClN3O/c1-3-19-10-12(16)8-14(19)15(20)18-13-6-4-5-11(7-13)9-17-2/h4-8,10,17H,3,9H2,1-2H3,(H,18,20). The maximum atomic E-state index is 12.3. The van der Waals surface area contributed by atoms with Gasteiger partial charge in [-0.15, -0.1) is 0 Å². The van der Waals surface area contributed by atoms with Gasteiger partial charge in [0.15, 0.2) is 0 Å². The highest BCUT2D eigenvalue weighted by atomic mass is 35.5. The fourth-order valence-electron chi connectivity index (χ4n) is 2.09. The number of aromatic nitrogens is 1. The van der Waals surface area contributed by atoms with E-state index in [1.54, 1.807) is 12.3 Å². The van der Waals surface area contributed by atoms with Crippen molar-refractivity contribution in [2.45, 2.75) is 20.0 Å². The Kier molecular flexibility index (Phi) is 4.82. The van der Waals surface area contributed by atoms with Gasteiger partial charge in [0, 0.05) is 25.0 Å². The molecule has 1 aromatic carbocycles. The van der Waals surface area contributed by atoms with Crippen molar-refractivity contribution in [2.24, 2.45) is 0 Å². The fourth-order valence-corrected chi connectivity index (χ4v) is 2.31. The molecule has 0 bridgehead atoms. The number of nitrogens with zero attached hydrogens (tertiary/aromatic N) is 1. The maximum Gasteiger partial charge on any atom is 0.272 e. The van der Waals surface area contributed by atoms with Crippen LogP contribution in [0.25, 0.3) is 0 Å². The first kappa shape index (κ1) is 14.6. The molecule has 106 valence electrons. The molecule has 0 saturated heterocycles. The quantitative estimate of drug-likeness (QED) is 0.889. The van der Waals surface area contributed by atoms with Gasteiger partial charge in [-0.05, 0) is 37.7 Å². The van der Waals surface area contributed by atoms with E-state index in [1.807, 2.05) is 42.8 Å². The zero-order valence-electron chi connectivity index (χ0n) is 11.6. The number of aryl methyl sites for hydroxylation is 1. The van der Waals surface area contributed by atoms with E-state index in [2.05, 4.69) is 10.6 Å². The largest absolute Gasteiger partial charge is 0.342 e. The average molecular weight is 292 g/mol. The molecule has 4 nitrogen and oxygen atoms in total. The van der Waals surface area contributed by atoms with Crippen molar-refractivity contribution in [3.8, 4) is 0 Å². The Hall–Kier alpha value is -1.78. The molecule has 1 aromatic heterocycles. The summed E-state index contributed by atoms with van der Waals surface area (Å²) in [4.78, 5) is 12.3. The first-order valence-electron chi connectivity index (χ1n) is 6.54. The number of halogens is 1. The lowest BCUT2D eigenvalue weighted by Gasteiger charge is -2.09. The third-order valence-electron chi connectivity index (χ3n) is 3.00. The van der Waals surface area contributed by atoms with Gasteiger partial charge >= 0.3 is 0 Å². The lowest BCUT2D eigenvalue weighted by atomic mass is 10.2. The Labute approximate surface area is 123 Å². The van der Waals surface area contributed by atoms with Crippen molar-refractivity contribution < 1.29 is 4.79 Å². The SMILES string of the molecule is CCn1cc(Cl)cc1C(=O)Nc1cccc(CNC)c1. The number of hydrogen-bond acceptors (Lipinski definition) is 2. The Morgan fingerprint density at radius 1 is 1.35 bits per heavy atom. The summed E-state index contributed by atoms with van der Waals surface area (Å²) < 4.78 is 1.83. The molecule has 0 spiro atoms. The van der Waals surface area contributed by atoms with E-state index in [9.17, 15) is 4.79 Å². The number of anilines is 1. The molecule has 1 heterocycles. The average Bonchev–Trinajstić information content (AvgIpc) is 2.81. The van der Waals surface area contributed by atoms with Crippen LogP contribution in [0.5, 0.6) is 0 Å². The fraction of sp³-hybridized carbons (Fsp3) is 0.267. The predicted molar refractivity (Wildman–Crippen MR) is 82.3 cm³/mol. The first-order valence-corrected chi connectivity index (χ1v) is 6.92. The molecule has 0 radical (unpaired) electrons. The van der Waals surface area contributed by atoms with Crippen LogP contribution in [0.15, 0.2) is 36.5 Å². The van der Waals surface area contributed by atoms with Gasteiger partial charge in [-0.3, -0.25) is 4.79 Å². The van der Waals surface area contributed by atoms with Crippen LogP contribution in [0.2, 0.25) is 5.02 Å². The number of nitrogens with one attached hydrogen (secondary N) is 2. The van der Waals surface area contributed by atoms with E-state index < -0.39 is 0 Å². The van der Waals surface area contributed by atoms with Crippen molar-refractivity contribution in [2.75, 3.05) is 12.4 Å². The maximum absolute atomic E-state index is 12.3. The van der Waals surface area contributed by atoms with Gasteiger partial charge in [0.25, 0.3) is 5.91 Å². The van der Waals surface area contributed by atoms with Gasteiger partial charge in [-0.25, -0.2) is 0 Å². The van der Waals surface area contributed by atoms with E-state index in [-0.39, 0.29) is 5.91 Å². The van der Waals surface area contributed by atoms with Crippen LogP contribution in [0.3, 0.4) is 0 Å². The minimum Gasteiger partial charge on any atom is -0.342 e. The summed E-state index contributed by atoms with van der Waals surface area (Å²) >= 11 is 5.95. The number of amides is 1. The highest BCUT2D eigenvalue weighted by Gasteiger charge is 2.12. The Morgan fingerprint density at radius 2 is 2.15 bits per heavy atom. The van der Waals surface area contributed by atoms with Gasteiger partial charge in [-0.1, -0.05) is 23.7 Å². The Morgan fingerprint density at radius 3 is 2.85 bits per heavy atom. The summed E-state index contributed by atoms with van der Waals surface area (Å²) in [5, 5.41) is 6.55. The second-order valence-corrected chi connectivity index (χ2v) is 4.95. The van der Waals surface area contributed by atoms with Gasteiger partial charge in [-0.2, -0.15) is 0 Å². The van der Waals surface area contributed by atoms with Crippen molar-refractivity contribution in [1.82, 2.24) is 9.88 Å². The molecule has 0 aliphatic carbocycles. The van der Waals surface area contributed by atoms with Crippen LogP contribution in [0.1, 0.15) is 23.0 Å². The van der Waals surface area contributed by atoms with Crippen molar-refractivity contribution in [3.63, 3.8) is 0 Å². The number of carbonyl (C=O) groups excluding carboxylic acids is 1. The minimum absolute atomic E-state index is 0.152. The van der Waals surface area contributed by atoms with Gasteiger partial charge in [0.1, 0.15) is 5.69 Å². The summed E-state index contributed by atoms with van der Waals surface area (Å²) in [6.07, 6.45) is 1.76. The van der Waals surface area contributed by atoms with Crippen molar-refractivity contribution >= 4 is 23.2 Å². The normalized spacial score (nSPS) is 10.6. The number of hydrogen-bond donors (Lipinski definition) is 2.